The molecule has 0 saturated carbocycles. The van der Waals surface area contributed by atoms with Gasteiger partial charge in [0.1, 0.15) is 11.6 Å². The van der Waals surface area contributed by atoms with Crippen molar-refractivity contribution < 1.29 is 23.5 Å². The quantitative estimate of drug-likeness (QED) is 0.681. The van der Waals surface area contributed by atoms with Gasteiger partial charge in [0.15, 0.2) is 0 Å². The van der Waals surface area contributed by atoms with Gasteiger partial charge in [0, 0.05) is 31.2 Å². The number of amides is 2. The number of rotatable bonds is 8. The monoisotopic (exact) mass is 328 g/mol. The van der Waals surface area contributed by atoms with E-state index in [4.69, 9.17) is 5.11 Å². The fourth-order valence-electron chi connectivity index (χ4n) is 2.26. The Hall–Kier alpha value is -2.02. The van der Waals surface area contributed by atoms with E-state index in [-0.39, 0.29) is 30.5 Å². The molecule has 0 heterocycles. The van der Waals surface area contributed by atoms with Gasteiger partial charge in [-0.1, -0.05) is 6.07 Å². The normalized spacial score (nSPS) is 13.3. The Bertz CT molecular complexity index is 552. The van der Waals surface area contributed by atoms with E-state index in [1.54, 1.807) is 6.92 Å². The van der Waals surface area contributed by atoms with Crippen molar-refractivity contribution in [3.05, 3.63) is 35.4 Å². The molecule has 1 aromatic carbocycles. The second-order valence-electron chi connectivity index (χ2n) is 5.46. The fourth-order valence-corrected chi connectivity index (χ4v) is 2.26. The van der Waals surface area contributed by atoms with Gasteiger partial charge in [-0.15, -0.1) is 0 Å². The third-order valence-electron chi connectivity index (χ3n) is 3.31. The zero-order valence-electron chi connectivity index (χ0n) is 13.2. The number of aliphatic hydroxyl groups is 1. The Kier molecular flexibility index (Phi) is 7.61. The number of halogens is 2. The van der Waals surface area contributed by atoms with E-state index >= 15 is 0 Å². The molecule has 0 spiro atoms. The van der Waals surface area contributed by atoms with Crippen LogP contribution >= 0.6 is 0 Å². The van der Waals surface area contributed by atoms with Gasteiger partial charge in [-0.25, -0.2) is 8.78 Å². The van der Waals surface area contributed by atoms with Crippen molar-refractivity contribution in [1.29, 1.82) is 0 Å². The number of benzene rings is 1. The second-order valence-corrected chi connectivity index (χ2v) is 5.46. The van der Waals surface area contributed by atoms with Crippen molar-refractivity contribution >= 4 is 11.8 Å². The summed E-state index contributed by atoms with van der Waals surface area (Å²) in [5, 5.41) is 14.0. The molecule has 0 aliphatic rings. The van der Waals surface area contributed by atoms with Crippen molar-refractivity contribution in [1.82, 2.24) is 10.6 Å². The highest BCUT2D eigenvalue weighted by Gasteiger charge is 2.21. The lowest BCUT2D eigenvalue weighted by molar-refractivity contribution is -0.123. The molecular formula is C16H22F2N2O3. The largest absolute Gasteiger partial charge is 0.396 e. The maximum atomic E-state index is 13.9. The molecule has 7 heteroatoms. The van der Waals surface area contributed by atoms with E-state index < -0.39 is 23.6 Å². The van der Waals surface area contributed by atoms with Gasteiger partial charge in [0.25, 0.3) is 0 Å². The molecular weight excluding hydrogens is 306 g/mol. The van der Waals surface area contributed by atoms with E-state index in [1.165, 1.54) is 13.0 Å². The average molecular weight is 328 g/mol. The standard InChI is InChI=1S/C16H22F2N2O3/c1-10(4-3-7-21)19-16(23)9-15(20-11(2)22)13-6-5-12(17)8-14(13)18/h5-6,8,10,15,21H,3-4,7,9H2,1-2H3,(H,19,23)(H,20,22). The number of carbonyl (C=O) groups excluding carboxylic acids is 2. The first kappa shape index (κ1) is 19.0. The summed E-state index contributed by atoms with van der Waals surface area (Å²) in [5.74, 6) is -2.32. The van der Waals surface area contributed by atoms with Crippen molar-refractivity contribution in [3.8, 4) is 0 Å². The number of hydrogen-bond donors (Lipinski definition) is 3. The van der Waals surface area contributed by atoms with Crippen LogP contribution in [-0.2, 0) is 9.59 Å². The van der Waals surface area contributed by atoms with Gasteiger partial charge in [-0.2, -0.15) is 0 Å². The van der Waals surface area contributed by atoms with Crippen molar-refractivity contribution in [2.45, 2.75) is 45.2 Å². The van der Waals surface area contributed by atoms with Gasteiger partial charge in [-0.05, 0) is 25.8 Å². The van der Waals surface area contributed by atoms with Gasteiger partial charge in [0.05, 0.1) is 12.5 Å². The average Bonchev–Trinajstić information content (AvgIpc) is 2.43. The van der Waals surface area contributed by atoms with Crippen molar-refractivity contribution in [2.75, 3.05) is 6.61 Å². The van der Waals surface area contributed by atoms with E-state index in [0.29, 0.717) is 18.9 Å². The second kappa shape index (κ2) is 9.19. The van der Waals surface area contributed by atoms with Crippen LogP contribution in [0.1, 0.15) is 44.7 Å². The van der Waals surface area contributed by atoms with Crippen LogP contribution in [0.25, 0.3) is 0 Å². The van der Waals surface area contributed by atoms with Crippen LogP contribution in [0.4, 0.5) is 8.78 Å². The Morgan fingerprint density at radius 1 is 1.26 bits per heavy atom. The molecule has 0 aromatic heterocycles. The molecule has 128 valence electrons. The predicted molar refractivity (Wildman–Crippen MR) is 81.5 cm³/mol. The highest BCUT2D eigenvalue weighted by molar-refractivity contribution is 5.79. The van der Waals surface area contributed by atoms with Crippen LogP contribution in [0.15, 0.2) is 18.2 Å². The molecule has 0 radical (unpaired) electrons. The maximum Gasteiger partial charge on any atom is 0.222 e. The number of carbonyl (C=O) groups is 2. The highest BCUT2D eigenvalue weighted by atomic mass is 19.1. The maximum absolute atomic E-state index is 13.9. The summed E-state index contributed by atoms with van der Waals surface area (Å²) in [6, 6.07) is 1.98. The molecule has 2 atom stereocenters. The molecule has 1 aromatic rings. The van der Waals surface area contributed by atoms with Crippen LogP contribution in [0.2, 0.25) is 0 Å². The van der Waals surface area contributed by atoms with E-state index in [0.717, 1.165) is 6.07 Å². The van der Waals surface area contributed by atoms with E-state index in [1.807, 2.05) is 0 Å². The molecule has 0 aliphatic heterocycles. The molecule has 3 N–H and O–H groups in total. The fraction of sp³-hybridized carbons (Fsp3) is 0.500. The molecule has 2 unspecified atom stereocenters. The summed E-state index contributed by atoms with van der Waals surface area (Å²) >= 11 is 0. The van der Waals surface area contributed by atoms with Crippen molar-refractivity contribution in [3.63, 3.8) is 0 Å². The van der Waals surface area contributed by atoms with E-state index in [9.17, 15) is 18.4 Å². The molecule has 0 aliphatic carbocycles. The van der Waals surface area contributed by atoms with Crippen LogP contribution in [0.5, 0.6) is 0 Å². The first-order valence-electron chi connectivity index (χ1n) is 7.45. The summed E-state index contributed by atoms with van der Waals surface area (Å²) in [6.45, 7) is 3.09. The lowest BCUT2D eigenvalue weighted by atomic mass is 10.0. The molecule has 0 fully saturated rings. The third-order valence-corrected chi connectivity index (χ3v) is 3.31. The van der Waals surface area contributed by atoms with Crippen LogP contribution < -0.4 is 10.6 Å². The van der Waals surface area contributed by atoms with E-state index in [2.05, 4.69) is 10.6 Å². The first-order chi connectivity index (χ1) is 10.8. The lowest BCUT2D eigenvalue weighted by Gasteiger charge is -2.20. The van der Waals surface area contributed by atoms with Crippen molar-refractivity contribution in [2.24, 2.45) is 0 Å². The summed E-state index contributed by atoms with van der Waals surface area (Å²) in [6.07, 6.45) is 1.01. The van der Waals surface area contributed by atoms with Crippen LogP contribution in [-0.4, -0.2) is 29.6 Å². The summed E-state index contributed by atoms with van der Waals surface area (Å²) in [7, 11) is 0. The van der Waals surface area contributed by atoms with Gasteiger partial charge < -0.3 is 15.7 Å². The number of aliphatic hydroxyl groups excluding tert-OH is 1. The summed E-state index contributed by atoms with van der Waals surface area (Å²) < 4.78 is 26.9. The number of nitrogens with one attached hydrogen (secondary N) is 2. The molecule has 1 rings (SSSR count). The Morgan fingerprint density at radius 2 is 1.96 bits per heavy atom. The lowest BCUT2D eigenvalue weighted by Crippen LogP contribution is -2.37. The highest BCUT2D eigenvalue weighted by Crippen LogP contribution is 2.21. The Morgan fingerprint density at radius 3 is 2.52 bits per heavy atom. The smallest absolute Gasteiger partial charge is 0.222 e. The molecule has 2 amide bonds. The summed E-state index contributed by atoms with van der Waals surface area (Å²) in [5.41, 5.74) is 0.0553. The van der Waals surface area contributed by atoms with Crippen LogP contribution in [0, 0.1) is 11.6 Å². The SMILES string of the molecule is CC(=O)NC(CC(=O)NC(C)CCCO)c1ccc(F)cc1F. The van der Waals surface area contributed by atoms with Gasteiger partial charge in [-0.3, -0.25) is 9.59 Å². The number of hydrogen-bond acceptors (Lipinski definition) is 3. The molecule has 0 bridgehead atoms. The molecule has 23 heavy (non-hydrogen) atoms. The minimum absolute atomic E-state index is 0.0372. The van der Waals surface area contributed by atoms with Gasteiger partial charge in [0.2, 0.25) is 11.8 Å². The molecule has 5 nitrogen and oxygen atoms in total. The minimum Gasteiger partial charge on any atom is -0.396 e. The van der Waals surface area contributed by atoms with Gasteiger partial charge >= 0.3 is 0 Å². The summed E-state index contributed by atoms with van der Waals surface area (Å²) in [4.78, 5) is 23.3. The predicted octanol–water partition coefficient (Wildman–Crippen LogP) is 1.81. The minimum atomic E-state index is -0.877. The first-order valence-corrected chi connectivity index (χ1v) is 7.45. The third kappa shape index (κ3) is 6.73. The zero-order chi connectivity index (χ0) is 17.4. The topological polar surface area (TPSA) is 78.4 Å². The Labute approximate surface area is 134 Å². The van der Waals surface area contributed by atoms with Crippen LogP contribution in [0.3, 0.4) is 0 Å². The Balaban J connectivity index is 2.78. The zero-order valence-corrected chi connectivity index (χ0v) is 13.2. The molecule has 0 saturated heterocycles.